The number of carbonyl (C=O) groups is 1. The minimum absolute atomic E-state index is 0.130. The molecule has 35 heavy (non-hydrogen) atoms. The van der Waals surface area contributed by atoms with Gasteiger partial charge in [0.25, 0.3) is 5.91 Å². The molecule has 1 aromatic carbocycles. The van der Waals surface area contributed by atoms with Gasteiger partial charge in [0.05, 0.1) is 17.7 Å². The molecule has 0 N–H and O–H groups in total. The molecule has 1 amide bonds. The molecule has 0 bridgehead atoms. The molecule has 0 spiro atoms. The van der Waals surface area contributed by atoms with Crippen molar-refractivity contribution in [3.63, 3.8) is 0 Å². The molecule has 5 rings (SSSR count). The highest BCUT2D eigenvalue weighted by Crippen LogP contribution is 2.34. The lowest BCUT2D eigenvalue weighted by Crippen LogP contribution is -2.28. The van der Waals surface area contributed by atoms with Crippen LogP contribution in [0.15, 0.2) is 94.5 Å². The second-order valence-electron chi connectivity index (χ2n) is 8.12. The van der Waals surface area contributed by atoms with Gasteiger partial charge in [-0.2, -0.15) is 5.10 Å². The summed E-state index contributed by atoms with van der Waals surface area (Å²) < 4.78 is 7.58. The molecule has 0 saturated heterocycles. The third-order valence-electron chi connectivity index (χ3n) is 5.70. The van der Waals surface area contributed by atoms with E-state index in [1.54, 1.807) is 24.7 Å². The number of aromatic nitrogens is 4. The van der Waals surface area contributed by atoms with Crippen LogP contribution in [0.2, 0.25) is 0 Å². The Hall–Kier alpha value is -3.98. The largest absolute Gasteiger partial charge is 0.467 e. The summed E-state index contributed by atoms with van der Waals surface area (Å²) in [6, 6.07) is 15.4. The highest BCUT2D eigenvalue weighted by atomic mass is 32.2. The number of hydrogen-bond donors (Lipinski definition) is 0. The molecule has 9 heteroatoms. The van der Waals surface area contributed by atoms with Gasteiger partial charge >= 0.3 is 0 Å². The minimum atomic E-state index is -0.286. The Morgan fingerprint density at radius 3 is 2.74 bits per heavy atom. The SMILES string of the molecule is C=CCn1c(SCC(=O)N2N=C(c3ccc(C)cc3)C[C@H]2c2ccco2)nnc1-c1cccnc1. The fourth-order valence-electron chi connectivity index (χ4n) is 3.95. The van der Waals surface area contributed by atoms with Gasteiger partial charge in [0, 0.05) is 30.9 Å². The summed E-state index contributed by atoms with van der Waals surface area (Å²) in [5.41, 5.74) is 3.89. The van der Waals surface area contributed by atoms with Crippen LogP contribution >= 0.6 is 11.8 Å². The zero-order valence-electron chi connectivity index (χ0n) is 19.2. The third-order valence-corrected chi connectivity index (χ3v) is 6.65. The maximum atomic E-state index is 13.4. The van der Waals surface area contributed by atoms with E-state index in [0.717, 1.165) is 16.8 Å². The Bertz CT molecular complexity index is 1350. The zero-order valence-corrected chi connectivity index (χ0v) is 20.1. The van der Waals surface area contributed by atoms with E-state index in [1.165, 1.54) is 22.3 Å². The van der Waals surface area contributed by atoms with Crippen molar-refractivity contribution in [3.05, 3.63) is 96.7 Å². The second-order valence-corrected chi connectivity index (χ2v) is 9.06. The number of carbonyl (C=O) groups excluding carboxylic acids is 1. The van der Waals surface area contributed by atoms with Gasteiger partial charge in [0.1, 0.15) is 11.8 Å². The minimum Gasteiger partial charge on any atom is -0.467 e. The van der Waals surface area contributed by atoms with Crippen molar-refractivity contribution in [2.75, 3.05) is 5.75 Å². The summed E-state index contributed by atoms with van der Waals surface area (Å²) in [5, 5.41) is 15.5. The first-order valence-corrected chi connectivity index (χ1v) is 12.2. The van der Waals surface area contributed by atoms with Crippen molar-refractivity contribution in [3.8, 4) is 11.4 Å². The van der Waals surface area contributed by atoms with E-state index in [4.69, 9.17) is 9.52 Å². The smallest absolute Gasteiger partial charge is 0.253 e. The normalized spacial score (nSPS) is 15.3. The average Bonchev–Trinajstić information content (AvgIpc) is 3.64. The number of hydrazone groups is 1. The van der Waals surface area contributed by atoms with Crippen molar-refractivity contribution in [2.24, 2.45) is 5.10 Å². The Labute approximate surface area is 207 Å². The van der Waals surface area contributed by atoms with Gasteiger partial charge in [-0.05, 0) is 36.8 Å². The predicted octanol–water partition coefficient (Wildman–Crippen LogP) is 4.90. The Morgan fingerprint density at radius 2 is 2.03 bits per heavy atom. The molecule has 1 aliphatic heterocycles. The number of pyridine rings is 1. The van der Waals surface area contributed by atoms with Gasteiger partial charge in [-0.15, -0.1) is 16.8 Å². The molecule has 0 fully saturated rings. The molecule has 4 aromatic rings. The molecule has 1 atom stereocenters. The molecule has 4 heterocycles. The molecule has 0 aliphatic carbocycles. The van der Waals surface area contributed by atoms with E-state index in [0.29, 0.717) is 29.7 Å². The maximum Gasteiger partial charge on any atom is 0.253 e. The molecule has 176 valence electrons. The van der Waals surface area contributed by atoms with Crippen LogP contribution in [-0.4, -0.2) is 42.1 Å². The number of aryl methyl sites for hydroxylation is 1. The first kappa shape index (κ1) is 22.8. The molecule has 3 aromatic heterocycles. The van der Waals surface area contributed by atoms with E-state index < -0.39 is 0 Å². The Balaban J connectivity index is 1.37. The van der Waals surface area contributed by atoms with Crippen LogP contribution in [0.5, 0.6) is 0 Å². The van der Waals surface area contributed by atoms with Gasteiger partial charge < -0.3 is 4.42 Å². The van der Waals surface area contributed by atoms with Gasteiger partial charge in [-0.3, -0.25) is 14.3 Å². The molecular weight excluding hydrogens is 460 g/mol. The van der Waals surface area contributed by atoms with E-state index >= 15 is 0 Å². The first-order valence-electron chi connectivity index (χ1n) is 11.2. The van der Waals surface area contributed by atoms with Crippen LogP contribution in [0.1, 0.15) is 29.3 Å². The summed E-state index contributed by atoms with van der Waals surface area (Å²) in [5.74, 6) is 1.42. The number of benzene rings is 1. The van der Waals surface area contributed by atoms with Crippen molar-refractivity contribution in [2.45, 2.75) is 31.1 Å². The van der Waals surface area contributed by atoms with Crippen LogP contribution in [0, 0.1) is 6.92 Å². The molecule has 8 nitrogen and oxygen atoms in total. The Kier molecular flexibility index (Phi) is 6.58. The first-order chi connectivity index (χ1) is 17.1. The number of furan rings is 1. The number of allylic oxidation sites excluding steroid dienone is 1. The van der Waals surface area contributed by atoms with Gasteiger partial charge in [-0.25, -0.2) is 5.01 Å². The summed E-state index contributed by atoms with van der Waals surface area (Å²) in [7, 11) is 0. The maximum absolute atomic E-state index is 13.4. The standard InChI is InChI=1S/C26H24N6O2S/c1-3-13-31-25(20-6-4-12-27-16-20)28-29-26(31)35-17-24(33)32-22(23-7-5-14-34-23)15-21(30-32)19-10-8-18(2)9-11-19/h3-12,14,16,22H,1,13,15,17H2,2H3/t22-/m0/s1. The molecule has 0 unspecified atom stereocenters. The third kappa shape index (κ3) is 4.81. The zero-order chi connectivity index (χ0) is 24.2. The number of rotatable bonds is 8. The lowest BCUT2D eigenvalue weighted by Gasteiger charge is -2.19. The lowest BCUT2D eigenvalue weighted by molar-refractivity contribution is -0.130. The van der Waals surface area contributed by atoms with Crippen LogP contribution < -0.4 is 0 Å². The number of thioether (sulfide) groups is 1. The van der Waals surface area contributed by atoms with E-state index in [-0.39, 0.29) is 17.7 Å². The van der Waals surface area contributed by atoms with Crippen molar-refractivity contribution in [1.29, 1.82) is 0 Å². The van der Waals surface area contributed by atoms with E-state index in [1.807, 2.05) is 60.0 Å². The second kappa shape index (κ2) is 10.1. The number of nitrogens with zero attached hydrogens (tertiary/aromatic N) is 6. The highest BCUT2D eigenvalue weighted by molar-refractivity contribution is 7.99. The van der Waals surface area contributed by atoms with Crippen molar-refractivity contribution >= 4 is 23.4 Å². The molecular formula is C26H24N6O2S. The quantitative estimate of drug-likeness (QED) is 0.261. The van der Waals surface area contributed by atoms with E-state index in [2.05, 4.69) is 21.8 Å². The van der Waals surface area contributed by atoms with E-state index in [9.17, 15) is 4.79 Å². The fourth-order valence-corrected chi connectivity index (χ4v) is 4.75. The van der Waals surface area contributed by atoms with Crippen molar-refractivity contribution < 1.29 is 9.21 Å². The van der Waals surface area contributed by atoms with Crippen molar-refractivity contribution in [1.82, 2.24) is 24.8 Å². The predicted molar refractivity (Wildman–Crippen MR) is 135 cm³/mol. The highest BCUT2D eigenvalue weighted by Gasteiger charge is 2.35. The summed E-state index contributed by atoms with van der Waals surface area (Å²) >= 11 is 1.33. The van der Waals surface area contributed by atoms with Gasteiger partial charge in [0.2, 0.25) is 0 Å². The van der Waals surface area contributed by atoms with Crippen LogP contribution in [0.25, 0.3) is 11.4 Å². The van der Waals surface area contributed by atoms with Crippen LogP contribution in [0.4, 0.5) is 0 Å². The monoisotopic (exact) mass is 484 g/mol. The summed E-state index contributed by atoms with van der Waals surface area (Å²) in [6.45, 7) is 6.41. The summed E-state index contributed by atoms with van der Waals surface area (Å²) in [6.07, 6.45) is 7.44. The summed E-state index contributed by atoms with van der Waals surface area (Å²) in [4.78, 5) is 17.5. The van der Waals surface area contributed by atoms with Crippen LogP contribution in [0.3, 0.4) is 0 Å². The molecule has 0 saturated carbocycles. The lowest BCUT2D eigenvalue weighted by atomic mass is 10.0. The van der Waals surface area contributed by atoms with Gasteiger partial charge in [0.15, 0.2) is 11.0 Å². The Morgan fingerprint density at radius 1 is 1.17 bits per heavy atom. The van der Waals surface area contributed by atoms with Gasteiger partial charge in [-0.1, -0.05) is 47.7 Å². The van der Waals surface area contributed by atoms with Crippen LogP contribution in [-0.2, 0) is 11.3 Å². The fraction of sp³-hybridized carbons (Fsp3) is 0.192. The number of hydrogen-bond acceptors (Lipinski definition) is 7. The average molecular weight is 485 g/mol. The molecule has 1 aliphatic rings. The molecule has 0 radical (unpaired) electrons. The topological polar surface area (TPSA) is 89.4 Å². The number of amides is 1.